The molecule has 9 nitrogen and oxygen atoms in total. The molecule has 1 aliphatic rings. The van der Waals surface area contributed by atoms with Crippen LogP contribution in [0.15, 0.2) is 42.7 Å². The SMILES string of the molecule is CCOc1cc(C2CC(=O)N(CC(=O)Nc3nnc(-c4ccncc4)s3)C2)ccc1OC. The summed E-state index contributed by atoms with van der Waals surface area (Å²) in [5, 5.41) is 11.9. The number of carbonyl (C=O) groups is 2. The number of nitrogens with zero attached hydrogens (tertiary/aromatic N) is 4. The first-order chi connectivity index (χ1) is 15.6. The Bertz CT molecular complexity index is 1100. The van der Waals surface area contributed by atoms with Crippen molar-refractivity contribution in [3.63, 3.8) is 0 Å². The Hall–Kier alpha value is -3.53. The molecule has 3 heterocycles. The van der Waals surface area contributed by atoms with Crippen molar-refractivity contribution in [2.24, 2.45) is 0 Å². The number of anilines is 1. The van der Waals surface area contributed by atoms with Gasteiger partial charge in [0.15, 0.2) is 11.5 Å². The standard InChI is InChI=1S/C22H23N5O4S/c1-3-31-18-10-15(4-5-17(18)30-2)16-11-20(29)27(12-16)13-19(28)24-22-26-25-21(32-22)14-6-8-23-9-7-14/h4-10,16H,3,11-13H2,1-2H3,(H,24,26,28). The van der Waals surface area contributed by atoms with E-state index in [1.165, 1.54) is 11.3 Å². The number of hydrogen-bond donors (Lipinski definition) is 1. The lowest BCUT2D eigenvalue weighted by atomic mass is 9.98. The fourth-order valence-electron chi connectivity index (χ4n) is 3.58. The second-order valence-electron chi connectivity index (χ2n) is 7.22. The van der Waals surface area contributed by atoms with E-state index >= 15 is 0 Å². The average molecular weight is 454 g/mol. The van der Waals surface area contributed by atoms with Gasteiger partial charge in [0, 0.05) is 36.8 Å². The summed E-state index contributed by atoms with van der Waals surface area (Å²) >= 11 is 1.27. The number of likely N-dealkylation sites (tertiary alicyclic amines) is 1. The van der Waals surface area contributed by atoms with Gasteiger partial charge in [0.1, 0.15) is 5.01 Å². The van der Waals surface area contributed by atoms with E-state index in [2.05, 4.69) is 20.5 Å². The first kappa shape index (κ1) is 21.7. The third kappa shape index (κ3) is 4.86. The molecule has 1 N–H and O–H groups in total. The van der Waals surface area contributed by atoms with Crippen LogP contribution in [0.4, 0.5) is 5.13 Å². The summed E-state index contributed by atoms with van der Waals surface area (Å²) in [7, 11) is 1.59. The molecule has 1 saturated heterocycles. The number of hydrogen-bond acceptors (Lipinski definition) is 8. The first-order valence-corrected chi connectivity index (χ1v) is 11.0. The monoisotopic (exact) mass is 453 g/mol. The Morgan fingerprint density at radius 2 is 2.03 bits per heavy atom. The molecule has 1 fully saturated rings. The summed E-state index contributed by atoms with van der Waals surface area (Å²) in [5.74, 6) is 0.923. The zero-order valence-corrected chi connectivity index (χ0v) is 18.6. The third-order valence-corrected chi connectivity index (χ3v) is 5.99. The van der Waals surface area contributed by atoms with Gasteiger partial charge in [-0.05, 0) is 36.8 Å². The summed E-state index contributed by atoms with van der Waals surface area (Å²) in [4.78, 5) is 30.6. The van der Waals surface area contributed by atoms with Crippen molar-refractivity contribution in [3.05, 3.63) is 48.3 Å². The number of rotatable bonds is 8. The molecule has 3 aromatic rings. The van der Waals surface area contributed by atoms with E-state index in [4.69, 9.17) is 9.47 Å². The molecule has 10 heteroatoms. The third-order valence-electron chi connectivity index (χ3n) is 5.11. The van der Waals surface area contributed by atoms with Crippen molar-refractivity contribution in [1.82, 2.24) is 20.1 Å². The van der Waals surface area contributed by atoms with Crippen LogP contribution in [0.25, 0.3) is 10.6 Å². The molecule has 32 heavy (non-hydrogen) atoms. The van der Waals surface area contributed by atoms with E-state index in [-0.39, 0.29) is 24.3 Å². The Kier molecular flexibility index (Phi) is 6.60. The fourth-order valence-corrected chi connectivity index (χ4v) is 4.35. The predicted molar refractivity (Wildman–Crippen MR) is 120 cm³/mol. The van der Waals surface area contributed by atoms with E-state index in [0.29, 0.717) is 41.2 Å². The zero-order chi connectivity index (χ0) is 22.5. The van der Waals surface area contributed by atoms with E-state index in [9.17, 15) is 9.59 Å². The lowest BCUT2D eigenvalue weighted by Gasteiger charge is -2.17. The quantitative estimate of drug-likeness (QED) is 0.559. The Labute approximate surface area is 189 Å². The van der Waals surface area contributed by atoms with Gasteiger partial charge in [0.25, 0.3) is 0 Å². The van der Waals surface area contributed by atoms with E-state index in [1.807, 2.05) is 37.3 Å². The molecular weight excluding hydrogens is 430 g/mol. The molecule has 2 aromatic heterocycles. The van der Waals surface area contributed by atoms with Crippen molar-refractivity contribution >= 4 is 28.3 Å². The molecule has 0 aliphatic carbocycles. The summed E-state index contributed by atoms with van der Waals surface area (Å²) < 4.78 is 11.0. The fraction of sp³-hybridized carbons (Fsp3) is 0.318. The number of nitrogens with one attached hydrogen (secondary N) is 1. The lowest BCUT2D eigenvalue weighted by Crippen LogP contribution is -2.34. The normalized spacial score (nSPS) is 15.6. The number of carbonyl (C=O) groups excluding carboxylic acids is 2. The topological polar surface area (TPSA) is 107 Å². The molecule has 166 valence electrons. The van der Waals surface area contributed by atoms with Gasteiger partial charge >= 0.3 is 0 Å². The molecule has 0 bridgehead atoms. The van der Waals surface area contributed by atoms with Crippen molar-refractivity contribution in [1.29, 1.82) is 0 Å². The number of methoxy groups -OCH3 is 1. The molecule has 1 aliphatic heterocycles. The summed E-state index contributed by atoms with van der Waals surface area (Å²) in [6.07, 6.45) is 3.69. The van der Waals surface area contributed by atoms with Gasteiger partial charge in [-0.2, -0.15) is 0 Å². The van der Waals surface area contributed by atoms with Gasteiger partial charge in [0.2, 0.25) is 16.9 Å². The molecule has 1 atom stereocenters. The van der Waals surface area contributed by atoms with Gasteiger partial charge in [-0.3, -0.25) is 19.9 Å². The van der Waals surface area contributed by atoms with Crippen LogP contribution in [0.2, 0.25) is 0 Å². The van der Waals surface area contributed by atoms with Gasteiger partial charge in [-0.1, -0.05) is 17.4 Å². The van der Waals surface area contributed by atoms with Gasteiger partial charge in [0.05, 0.1) is 20.3 Å². The van der Waals surface area contributed by atoms with Crippen LogP contribution in [0.1, 0.15) is 24.8 Å². The number of benzene rings is 1. The van der Waals surface area contributed by atoms with Crippen LogP contribution >= 0.6 is 11.3 Å². The molecule has 1 aromatic carbocycles. The minimum atomic E-state index is -0.304. The van der Waals surface area contributed by atoms with Crippen molar-refractivity contribution < 1.29 is 19.1 Å². The Morgan fingerprint density at radius 3 is 2.78 bits per heavy atom. The highest BCUT2D eigenvalue weighted by Crippen LogP contribution is 2.35. The van der Waals surface area contributed by atoms with Gasteiger partial charge < -0.3 is 14.4 Å². The predicted octanol–water partition coefficient (Wildman–Crippen LogP) is 2.96. The van der Waals surface area contributed by atoms with Crippen molar-refractivity contribution in [2.45, 2.75) is 19.3 Å². The van der Waals surface area contributed by atoms with E-state index < -0.39 is 0 Å². The molecule has 0 spiro atoms. The highest BCUT2D eigenvalue weighted by molar-refractivity contribution is 7.18. The van der Waals surface area contributed by atoms with Crippen LogP contribution in [0.5, 0.6) is 11.5 Å². The number of aromatic nitrogens is 3. The van der Waals surface area contributed by atoms with E-state index in [1.54, 1.807) is 24.4 Å². The summed E-state index contributed by atoms with van der Waals surface area (Å²) in [6.45, 7) is 2.85. The number of pyridine rings is 1. The van der Waals surface area contributed by atoms with Crippen LogP contribution in [-0.4, -0.2) is 58.7 Å². The molecular formula is C22H23N5O4S. The van der Waals surface area contributed by atoms with Crippen molar-refractivity contribution in [2.75, 3.05) is 32.1 Å². The maximum Gasteiger partial charge on any atom is 0.245 e. The highest BCUT2D eigenvalue weighted by Gasteiger charge is 2.32. The minimum absolute atomic E-state index is 0.0137. The zero-order valence-electron chi connectivity index (χ0n) is 17.8. The van der Waals surface area contributed by atoms with Gasteiger partial charge in [-0.25, -0.2) is 0 Å². The minimum Gasteiger partial charge on any atom is -0.493 e. The van der Waals surface area contributed by atoms with Crippen LogP contribution < -0.4 is 14.8 Å². The van der Waals surface area contributed by atoms with Crippen molar-refractivity contribution in [3.8, 4) is 22.1 Å². The Balaban J connectivity index is 1.37. The average Bonchev–Trinajstić information content (AvgIpc) is 3.41. The molecule has 0 saturated carbocycles. The summed E-state index contributed by atoms with van der Waals surface area (Å²) in [6, 6.07) is 9.34. The maximum atomic E-state index is 12.5. The maximum absolute atomic E-state index is 12.5. The van der Waals surface area contributed by atoms with Gasteiger partial charge in [-0.15, -0.1) is 10.2 Å². The van der Waals surface area contributed by atoms with Crippen LogP contribution in [0.3, 0.4) is 0 Å². The second-order valence-corrected chi connectivity index (χ2v) is 8.19. The van der Waals surface area contributed by atoms with Crippen LogP contribution in [0, 0.1) is 0 Å². The van der Waals surface area contributed by atoms with Crippen LogP contribution in [-0.2, 0) is 9.59 Å². The molecule has 4 rings (SSSR count). The molecule has 2 amide bonds. The first-order valence-electron chi connectivity index (χ1n) is 10.2. The Morgan fingerprint density at radius 1 is 1.22 bits per heavy atom. The lowest BCUT2D eigenvalue weighted by molar-refractivity contribution is -0.131. The summed E-state index contributed by atoms with van der Waals surface area (Å²) in [5.41, 5.74) is 1.86. The molecule has 0 radical (unpaired) electrons. The number of ether oxygens (including phenoxy) is 2. The highest BCUT2D eigenvalue weighted by atomic mass is 32.1. The number of amides is 2. The largest absolute Gasteiger partial charge is 0.493 e. The molecule has 1 unspecified atom stereocenters. The van der Waals surface area contributed by atoms with E-state index in [0.717, 1.165) is 11.1 Å². The second kappa shape index (κ2) is 9.73. The smallest absolute Gasteiger partial charge is 0.245 e.